The molecule has 6 rings (SSSR count). The van der Waals surface area contributed by atoms with Crippen molar-refractivity contribution in [3.8, 4) is 0 Å². The number of rotatable bonds is 5. The molecule has 0 bridgehead atoms. The Morgan fingerprint density at radius 3 is 0.735 bits per heavy atom. The van der Waals surface area contributed by atoms with Gasteiger partial charge in [-0.1, -0.05) is 111 Å². The monoisotopic (exact) mass is 438 g/mol. The molecule has 0 aliphatic carbocycles. The summed E-state index contributed by atoms with van der Waals surface area (Å²) < 4.78 is 0. The molecule has 0 N–H and O–H groups in total. The molecule has 0 aromatic heterocycles. The molecule has 0 radical (unpaired) electrons. The lowest BCUT2D eigenvalue weighted by atomic mass is 9.85. The lowest BCUT2D eigenvalue weighted by Crippen LogP contribution is -2.00. The highest BCUT2D eigenvalue weighted by molar-refractivity contribution is 6.07. The fourth-order valence-corrected chi connectivity index (χ4v) is 6.17. The van der Waals surface area contributed by atoms with E-state index in [0.29, 0.717) is 0 Å². The molecular formula is C34H30. The molecule has 0 heterocycles. The van der Waals surface area contributed by atoms with Gasteiger partial charge in [-0.2, -0.15) is 0 Å². The fourth-order valence-electron chi connectivity index (χ4n) is 6.17. The quantitative estimate of drug-likeness (QED) is 0.235. The van der Waals surface area contributed by atoms with Gasteiger partial charge in [0.05, 0.1) is 0 Å². The van der Waals surface area contributed by atoms with E-state index in [-0.39, 0.29) is 0 Å². The van der Waals surface area contributed by atoms with Crippen molar-refractivity contribution < 1.29 is 0 Å². The molecule has 6 aromatic carbocycles. The molecule has 0 fully saturated rings. The van der Waals surface area contributed by atoms with Crippen LogP contribution in [0.2, 0.25) is 0 Å². The van der Waals surface area contributed by atoms with Gasteiger partial charge >= 0.3 is 0 Å². The molecule has 0 spiro atoms. The van der Waals surface area contributed by atoms with E-state index in [1.54, 1.807) is 0 Å². The maximum absolute atomic E-state index is 2.33. The summed E-state index contributed by atoms with van der Waals surface area (Å²) in [4.78, 5) is 0. The Bertz CT molecular complexity index is 1430. The Labute approximate surface area is 201 Å². The molecule has 6 aromatic rings. The average Bonchev–Trinajstić information content (AvgIpc) is 2.90. The van der Waals surface area contributed by atoms with Gasteiger partial charge in [-0.05, 0) is 91.0 Å². The second kappa shape index (κ2) is 8.61. The van der Waals surface area contributed by atoms with Crippen LogP contribution in [0.15, 0.2) is 97.1 Å². The smallest absolute Gasteiger partial charge is 0.0143 e. The van der Waals surface area contributed by atoms with Crippen molar-refractivity contribution in [2.24, 2.45) is 0 Å². The summed E-state index contributed by atoms with van der Waals surface area (Å²) in [7, 11) is 0. The van der Waals surface area contributed by atoms with Crippen LogP contribution in [-0.2, 0) is 25.7 Å². The SMILES string of the molecule is CCc1c2ccccc2c(CCc2c3ccccc3c(CC)c3ccccc23)c2ccccc12. The molecule has 0 nitrogen and oxygen atoms in total. The van der Waals surface area contributed by atoms with Crippen molar-refractivity contribution in [1.82, 2.24) is 0 Å². The minimum absolute atomic E-state index is 1.03. The van der Waals surface area contributed by atoms with Gasteiger partial charge < -0.3 is 0 Å². The molecule has 0 aliphatic heterocycles. The van der Waals surface area contributed by atoms with Crippen LogP contribution in [0.4, 0.5) is 0 Å². The molecule has 0 amide bonds. The first-order valence-corrected chi connectivity index (χ1v) is 12.6. The van der Waals surface area contributed by atoms with E-state index >= 15 is 0 Å². The lowest BCUT2D eigenvalue weighted by molar-refractivity contribution is 0.993. The van der Waals surface area contributed by atoms with E-state index in [1.807, 2.05) is 0 Å². The molecule has 0 atom stereocenters. The Kier molecular flexibility index (Phi) is 5.30. The minimum Gasteiger partial charge on any atom is -0.0616 e. The van der Waals surface area contributed by atoms with Crippen LogP contribution in [0.1, 0.15) is 36.1 Å². The maximum atomic E-state index is 2.33. The highest BCUT2D eigenvalue weighted by Gasteiger charge is 2.16. The molecule has 0 heteroatoms. The summed E-state index contributed by atoms with van der Waals surface area (Å²) in [5.74, 6) is 0. The van der Waals surface area contributed by atoms with Crippen molar-refractivity contribution in [2.75, 3.05) is 0 Å². The Morgan fingerprint density at radius 1 is 0.324 bits per heavy atom. The lowest BCUT2D eigenvalue weighted by Gasteiger charge is -2.19. The van der Waals surface area contributed by atoms with E-state index in [9.17, 15) is 0 Å². The van der Waals surface area contributed by atoms with E-state index < -0.39 is 0 Å². The van der Waals surface area contributed by atoms with Gasteiger partial charge in [0, 0.05) is 0 Å². The standard InChI is InChI=1S/C34H30/c1-3-23-25-13-5-9-17-29(25)33(30-18-10-6-14-26(23)30)21-22-34-31-19-11-7-15-27(31)24(4-2)28-16-8-12-20-32(28)34/h5-20H,3-4,21-22H2,1-2H3. The molecule has 0 aliphatic rings. The van der Waals surface area contributed by atoms with Gasteiger partial charge in [-0.25, -0.2) is 0 Å². The minimum atomic E-state index is 1.03. The van der Waals surface area contributed by atoms with E-state index in [4.69, 9.17) is 0 Å². The molecule has 166 valence electrons. The fraction of sp³-hybridized carbons (Fsp3) is 0.176. The number of aryl methyl sites for hydroxylation is 4. The van der Waals surface area contributed by atoms with Crippen molar-refractivity contribution in [3.63, 3.8) is 0 Å². The predicted octanol–water partition coefficient (Wildman–Crippen LogP) is 9.21. The molecule has 0 saturated heterocycles. The summed E-state index contributed by atoms with van der Waals surface area (Å²) >= 11 is 0. The van der Waals surface area contributed by atoms with Crippen molar-refractivity contribution in [3.05, 3.63) is 119 Å². The second-order valence-electron chi connectivity index (χ2n) is 9.30. The zero-order valence-electron chi connectivity index (χ0n) is 20.1. The predicted molar refractivity (Wildman–Crippen MR) is 149 cm³/mol. The third-order valence-electron chi connectivity index (χ3n) is 7.64. The summed E-state index contributed by atoms with van der Waals surface area (Å²) in [5.41, 5.74) is 5.91. The topological polar surface area (TPSA) is 0 Å². The van der Waals surface area contributed by atoms with Crippen LogP contribution < -0.4 is 0 Å². The number of fused-ring (bicyclic) bond motifs is 4. The van der Waals surface area contributed by atoms with Crippen molar-refractivity contribution >= 4 is 43.1 Å². The van der Waals surface area contributed by atoms with Gasteiger partial charge in [0.1, 0.15) is 0 Å². The highest BCUT2D eigenvalue weighted by Crippen LogP contribution is 2.37. The van der Waals surface area contributed by atoms with Crippen LogP contribution in [0.3, 0.4) is 0 Å². The molecule has 34 heavy (non-hydrogen) atoms. The van der Waals surface area contributed by atoms with Crippen LogP contribution in [0.25, 0.3) is 43.1 Å². The summed E-state index contributed by atoms with van der Waals surface area (Å²) in [5, 5.41) is 11.3. The molecule has 0 unspecified atom stereocenters. The Morgan fingerprint density at radius 2 is 0.529 bits per heavy atom. The first-order chi connectivity index (χ1) is 16.8. The number of hydrogen-bond donors (Lipinski definition) is 0. The summed E-state index contributed by atoms with van der Waals surface area (Å²) in [6.07, 6.45) is 4.17. The largest absolute Gasteiger partial charge is 0.0616 e. The van der Waals surface area contributed by atoms with Gasteiger partial charge in [-0.3, -0.25) is 0 Å². The van der Waals surface area contributed by atoms with Crippen molar-refractivity contribution in [2.45, 2.75) is 39.5 Å². The van der Waals surface area contributed by atoms with E-state index in [2.05, 4.69) is 111 Å². The number of benzene rings is 6. The van der Waals surface area contributed by atoms with E-state index in [0.717, 1.165) is 25.7 Å². The van der Waals surface area contributed by atoms with Gasteiger partial charge in [-0.15, -0.1) is 0 Å². The normalized spacial score (nSPS) is 11.7. The van der Waals surface area contributed by atoms with Crippen molar-refractivity contribution in [1.29, 1.82) is 0 Å². The zero-order chi connectivity index (χ0) is 23.1. The zero-order valence-corrected chi connectivity index (χ0v) is 20.1. The van der Waals surface area contributed by atoms with Crippen LogP contribution in [0, 0.1) is 0 Å². The van der Waals surface area contributed by atoms with E-state index in [1.165, 1.54) is 65.3 Å². The first kappa shape index (κ1) is 20.9. The van der Waals surface area contributed by atoms with Crippen LogP contribution in [0.5, 0.6) is 0 Å². The average molecular weight is 439 g/mol. The highest BCUT2D eigenvalue weighted by atomic mass is 14.2. The summed E-state index contributed by atoms with van der Waals surface area (Å²) in [6, 6.07) is 36.1. The third kappa shape index (κ3) is 3.21. The molecular weight excluding hydrogens is 408 g/mol. The molecule has 0 saturated carbocycles. The van der Waals surface area contributed by atoms with Gasteiger partial charge in [0.15, 0.2) is 0 Å². The first-order valence-electron chi connectivity index (χ1n) is 12.6. The summed E-state index contributed by atoms with van der Waals surface area (Å²) in [6.45, 7) is 4.56. The Balaban J connectivity index is 1.59. The third-order valence-corrected chi connectivity index (χ3v) is 7.64. The Hall–Kier alpha value is -3.64. The van der Waals surface area contributed by atoms with Gasteiger partial charge in [0.25, 0.3) is 0 Å². The van der Waals surface area contributed by atoms with Crippen LogP contribution in [-0.4, -0.2) is 0 Å². The van der Waals surface area contributed by atoms with Crippen LogP contribution >= 0.6 is 0 Å². The van der Waals surface area contributed by atoms with Gasteiger partial charge in [0.2, 0.25) is 0 Å². The second-order valence-corrected chi connectivity index (χ2v) is 9.30. The number of hydrogen-bond acceptors (Lipinski definition) is 0. The maximum Gasteiger partial charge on any atom is -0.0143 e.